The Morgan fingerprint density at radius 2 is 0.941 bits per heavy atom. The molecule has 8 heteroatoms. The van der Waals surface area contributed by atoms with Crippen molar-refractivity contribution in [2.45, 2.75) is 38.0 Å². The van der Waals surface area contributed by atoms with Gasteiger partial charge in [0.15, 0.2) is 0 Å². The lowest BCUT2D eigenvalue weighted by atomic mass is 9.81. The van der Waals surface area contributed by atoms with Gasteiger partial charge in [-0.25, -0.2) is 0 Å². The van der Waals surface area contributed by atoms with E-state index in [9.17, 15) is 26.3 Å². The van der Waals surface area contributed by atoms with Gasteiger partial charge in [0.05, 0.1) is 12.1 Å². The van der Waals surface area contributed by atoms with Crippen molar-refractivity contribution >= 4 is 0 Å². The van der Waals surface area contributed by atoms with E-state index in [-0.39, 0.29) is 0 Å². The summed E-state index contributed by atoms with van der Waals surface area (Å²) in [4.78, 5) is 0. The van der Waals surface area contributed by atoms with Crippen molar-refractivity contribution < 1.29 is 26.3 Å². The summed E-state index contributed by atoms with van der Waals surface area (Å²) in [5.74, 6) is 0. The van der Waals surface area contributed by atoms with Gasteiger partial charge >= 0.3 is 12.4 Å². The van der Waals surface area contributed by atoms with Crippen molar-refractivity contribution in [3.8, 4) is 12.1 Å². The first-order valence-corrected chi connectivity index (χ1v) is 4.50. The third-order valence-electron chi connectivity index (χ3n) is 2.10. The van der Waals surface area contributed by atoms with Gasteiger partial charge in [0.1, 0.15) is 5.41 Å². The zero-order valence-electron chi connectivity index (χ0n) is 8.49. The molecule has 0 atom stereocenters. The molecule has 0 rings (SSSR count). The van der Waals surface area contributed by atoms with E-state index in [1.807, 2.05) is 0 Å². The highest BCUT2D eigenvalue weighted by molar-refractivity contribution is 5.13. The van der Waals surface area contributed by atoms with E-state index in [4.69, 9.17) is 10.5 Å². The van der Waals surface area contributed by atoms with E-state index < -0.39 is 43.5 Å². The van der Waals surface area contributed by atoms with Crippen molar-refractivity contribution in [3.63, 3.8) is 0 Å². The molecule has 0 saturated carbocycles. The van der Waals surface area contributed by atoms with Gasteiger partial charge in [-0.1, -0.05) is 0 Å². The first-order valence-electron chi connectivity index (χ1n) is 4.50. The maximum atomic E-state index is 11.9. The Hall–Kier alpha value is -1.44. The SMILES string of the molecule is N#CC(C#N)(CCC(F)(F)F)CCC(F)(F)F. The van der Waals surface area contributed by atoms with E-state index >= 15 is 0 Å². The quantitative estimate of drug-likeness (QED) is 0.721. The highest BCUT2D eigenvalue weighted by Crippen LogP contribution is 2.36. The van der Waals surface area contributed by atoms with Crippen molar-refractivity contribution in [2.75, 3.05) is 0 Å². The third kappa shape index (κ3) is 6.67. The van der Waals surface area contributed by atoms with E-state index in [1.165, 1.54) is 12.1 Å². The summed E-state index contributed by atoms with van der Waals surface area (Å²) < 4.78 is 71.4. The van der Waals surface area contributed by atoms with Crippen LogP contribution in [-0.4, -0.2) is 12.4 Å². The predicted molar refractivity (Wildman–Crippen MR) is 44.2 cm³/mol. The molecule has 0 unspecified atom stereocenters. The molecular formula is C9H8F6N2. The Morgan fingerprint density at radius 3 is 1.12 bits per heavy atom. The van der Waals surface area contributed by atoms with Crippen LogP contribution in [0.1, 0.15) is 25.7 Å². The molecule has 0 saturated heterocycles. The Morgan fingerprint density at radius 1 is 0.647 bits per heavy atom. The normalized spacial score (nSPS) is 12.9. The largest absolute Gasteiger partial charge is 0.389 e. The van der Waals surface area contributed by atoms with Crippen LogP contribution in [0.4, 0.5) is 26.3 Å². The maximum absolute atomic E-state index is 11.9. The molecule has 0 aliphatic heterocycles. The zero-order valence-corrected chi connectivity index (χ0v) is 8.49. The van der Waals surface area contributed by atoms with Crippen LogP contribution in [0.3, 0.4) is 0 Å². The second kappa shape index (κ2) is 5.26. The number of halogens is 6. The minimum absolute atomic E-state index is 0.945. The predicted octanol–water partition coefficient (Wildman–Crippen LogP) is 3.70. The van der Waals surface area contributed by atoms with Crippen molar-refractivity contribution in [1.29, 1.82) is 10.5 Å². The van der Waals surface area contributed by atoms with Gasteiger partial charge in [-0.2, -0.15) is 36.9 Å². The van der Waals surface area contributed by atoms with E-state index in [0.717, 1.165) is 0 Å². The fraction of sp³-hybridized carbons (Fsp3) is 0.778. The Bertz CT molecular complexity index is 295. The number of hydrogen-bond donors (Lipinski definition) is 0. The summed E-state index contributed by atoms with van der Waals surface area (Å²) in [5, 5.41) is 17.1. The molecule has 0 radical (unpaired) electrons. The standard InChI is InChI=1S/C9H8F6N2/c10-8(11,12)3-1-7(5-16,6-17)2-4-9(13,14)15/h1-4H2. The van der Waals surface area contributed by atoms with Crippen LogP contribution in [0.15, 0.2) is 0 Å². The number of nitriles is 2. The van der Waals surface area contributed by atoms with Gasteiger partial charge in [0, 0.05) is 12.8 Å². The summed E-state index contributed by atoms with van der Waals surface area (Å²) in [5.41, 5.74) is -2.23. The van der Waals surface area contributed by atoms with Gasteiger partial charge in [0.25, 0.3) is 0 Å². The fourth-order valence-electron chi connectivity index (χ4n) is 1.08. The monoisotopic (exact) mass is 258 g/mol. The fourth-order valence-corrected chi connectivity index (χ4v) is 1.08. The van der Waals surface area contributed by atoms with Crippen LogP contribution in [0, 0.1) is 28.1 Å². The third-order valence-corrected chi connectivity index (χ3v) is 2.10. The molecule has 0 heterocycles. The average Bonchev–Trinajstić information content (AvgIpc) is 2.16. The molecule has 0 bridgehead atoms. The summed E-state index contributed by atoms with van der Waals surface area (Å²) >= 11 is 0. The van der Waals surface area contributed by atoms with Gasteiger partial charge in [0.2, 0.25) is 0 Å². The number of nitrogens with zero attached hydrogens (tertiary/aromatic N) is 2. The van der Waals surface area contributed by atoms with Gasteiger partial charge in [-0.3, -0.25) is 0 Å². The molecule has 0 fully saturated rings. The van der Waals surface area contributed by atoms with Crippen LogP contribution in [0.5, 0.6) is 0 Å². The van der Waals surface area contributed by atoms with E-state index in [0.29, 0.717) is 0 Å². The van der Waals surface area contributed by atoms with Crippen LogP contribution in [0.2, 0.25) is 0 Å². The van der Waals surface area contributed by atoms with Crippen molar-refractivity contribution in [1.82, 2.24) is 0 Å². The lowest BCUT2D eigenvalue weighted by Crippen LogP contribution is -2.23. The molecule has 0 aliphatic carbocycles. The zero-order chi connectivity index (χ0) is 13.7. The molecule has 0 aromatic carbocycles. The van der Waals surface area contributed by atoms with Crippen LogP contribution >= 0.6 is 0 Å². The highest BCUT2D eigenvalue weighted by Gasteiger charge is 2.40. The Labute approximate surface area is 93.4 Å². The average molecular weight is 258 g/mol. The molecule has 2 nitrogen and oxygen atoms in total. The molecule has 0 spiro atoms. The highest BCUT2D eigenvalue weighted by atomic mass is 19.4. The lowest BCUT2D eigenvalue weighted by Gasteiger charge is -2.19. The van der Waals surface area contributed by atoms with E-state index in [1.54, 1.807) is 0 Å². The second-order valence-corrected chi connectivity index (χ2v) is 3.54. The summed E-state index contributed by atoms with van der Waals surface area (Å²) in [6, 6.07) is 2.50. The minimum atomic E-state index is -4.60. The van der Waals surface area contributed by atoms with Crippen molar-refractivity contribution in [3.05, 3.63) is 0 Å². The number of alkyl halides is 6. The number of hydrogen-bond acceptors (Lipinski definition) is 2. The summed E-state index contributed by atoms with van der Waals surface area (Å²) in [6.07, 6.45) is -14.0. The molecule has 0 aromatic heterocycles. The Balaban J connectivity index is 4.61. The van der Waals surface area contributed by atoms with Crippen LogP contribution in [0.25, 0.3) is 0 Å². The van der Waals surface area contributed by atoms with Gasteiger partial charge in [-0.15, -0.1) is 0 Å². The first-order chi connectivity index (χ1) is 7.54. The van der Waals surface area contributed by atoms with Crippen LogP contribution in [-0.2, 0) is 0 Å². The second-order valence-electron chi connectivity index (χ2n) is 3.54. The molecule has 0 N–H and O–H groups in total. The maximum Gasteiger partial charge on any atom is 0.389 e. The summed E-state index contributed by atoms with van der Waals surface area (Å²) in [6.45, 7) is 0. The van der Waals surface area contributed by atoms with Gasteiger partial charge in [-0.05, 0) is 12.8 Å². The molecule has 96 valence electrons. The molecule has 0 amide bonds. The first kappa shape index (κ1) is 15.6. The number of rotatable bonds is 4. The van der Waals surface area contributed by atoms with Crippen LogP contribution < -0.4 is 0 Å². The van der Waals surface area contributed by atoms with Crippen molar-refractivity contribution in [2.24, 2.45) is 5.41 Å². The summed E-state index contributed by atoms with van der Waals surface area (Å²) in [7, 11) is 0. The molecule has 0 aromatic rings. The molecule has 0 aliphatic rings. The molecule has 17 heavy (non-hydrogen) atoms. The smallest absolute Gasteiger partial charge is 0.197 e. The Kier molecular flexibility index (Phi) is 4.81. The van der Waals surface area contributed by atoms with Gasteiger partial charge < -0.3 is 0 Å². The lowest BCUT2D eigenvalue weighted by molar-refractivity contribution is -0.144. The molecular weight excluding hydrogens is 250 g/mol. The van der Waals surface area contributed by atoms with E-state index in [2.05, 4.69) is 0 Å². The minimum Gasteiger partial charge on any atom is -0.197 e. The topological polar surface area (TPSA) is 47.6 Å².